The summed E-state index contributed by atoms with van der Waals surface area (Å²) in [6, 6.07) is 11.2. The van der Waals surface area contributed by atoms with E-state index in [4.69, 9.17) is 4.98 Å². The van der Waals surface area contributed by atoms with E-state index in [1.54, 1.807) is 26.0 Å². The van der Waals surface area contributed by atoms with Crippen molar-refractivity contribution >= 4 is 154 Å². The predicted octanol–water partition coefficient (Wildman–Crippen LogP) is 10.4. The summed E-state index contributed by atoms with van der Waals surface area (Å²) in [4.78, 5) is 19.2. The van der Waals surface area contributed by atoms with Crippen LogP contribution in [-0.2, 0) is 20.2 Å². The van der Waals surface area contributed by atoms with Gasteiger partial charge in [0.25, 0.3) is 0 Å². The normalized spacial score (nSPS) is 12.4. The summed E-state index contributed by atoms with van der Waals surface area (Å²) in [7, 11) is -8.92. The molecule has 5 N–H and O–H groups in total. The minimum absolute atomic E-state index is 0.130. The number of hydrogen-bond donors (Lipinski definition) is 5. The second-order valence-corrected chi connectivity index (χ2v) is 21.3. The smallest absolute Gasteiger partial charge is 0.304 e. The zero-order valence-electron chi connectivity index (χ0n) is 35.0. The summed E-state index contributed by atoms with van der Waals surface area (Å²) in [5, 5.41) is 36.4. The van der Waals surface area contributed by atoms with Crippen LogP contribution < -0.4 is 20.4 Å². The Morgan fingerprint density at radius 3 is 1.45 bits per heavy atom. The molecule has 5 heterocycles. The largest absolute Gasteiger partial charge is 0.396 e. The van der Waals surface area contributed by atoms with Gasteiger partial charge < -0.3 is 25.5 Å². The number of nitrogens with zero attached hydrogens (tertiary/aromatic N) is 11. The molecule has 0 radical (unpaired) electrons. The van der Waals surface area contributed by atoms with Crippen molar-refractivity contribution < 1.29 is 31.0 Å². The van der Waals surface area contributed by atoms with Gasteiger partial charge in [-0.05, 0) is 112 Å². The molecule has 0 spiro atoms. The molecule has 0 aliphatic rings. The fourth-order valence-corrected chi connectivity index (χ4v) is 13.0. The van der Waals surface area contributed by atoms with Crippen LogP contribution in [0, 0.1) is 13.8 Å². The summed E-state index contributed by atoms with van der Waals surface area (Å²) in [5.74, 6) is 0.567. The molecule has 27 heteroatoms. The second-order valence-electron chi connectivity index (χ2n) is 13.5. The molecule has 0 fully saturated rings. The van der Waals surface area contributed by atoms with Crippen molar-refractivity contribution in [3.63, 3.8) is 0 Å². The quantitative estimate of drug-likeness (QED) is 0.0286. The lowest BCUT2D eigenvalue weighted by atomic mass is 10.2. The number of fused-ring (bicyclic) bond motifs is 2. The van der Waals surface area contributed by atoms with E-state index in [1.165, 1.54) is 11.8 Å². The molecule has 0 amide bonds. The third-order valence-electron chi connectivity index (χ3n) is 9.64. The maximum atomic E-state index is 12.0. The first-order valence-corrected chi connectivity index (χ1v) is 26.5. The fraction of sp³-hybridized carbons (Fsp3) is 0.324. The standard InChI is InChI=1S/C37H41N13O7S7/c1-7-49(8-2)21-11-13-23(43-45-29-27-19(5)33(63(52,53)54)59-31(27)47-61-29)25(17-21)38-35-40-36(42-37(41-35)58-16-15-51)39-26-18-22(50(9-3)10-4)12-14-24(26)44-46-30-28-20(6)34(64(55,56)57)60-32(28)48-62-30/h11-14,17-18,51H,7-10,15-16H2,1-6H3,(H,52,53,54)(H,55,56,57)(H2,38,39,40,41,42)/b45-43+,46-44+. The molecule has 0 aliphatic heterocycles. The minimum atomic E-state index is -4.46. The first-order chi connectivity index (χ1) is 30.6. The fourth-order valence-electron chi connectivity index (χ4n) is 6.58. The zero-order valence-corrected chi connectivity index (χ0v) is 40.7. The summed E-state index contributed by atoms with van der Waals surface area (Å²) in [6.45, 7) is 14.1. The van der Waals surface area contributed by atoms with Gasteiger partial charge in [-0.1, -0.05) is 34.4 Å². The number of thiophene rings is 2. The zero-order chi connectivity index (χ0) is 45.9. The Morgan fingerprint density at radius 2 is 1.08 bits per heavy atom. The van der Waals surface area contributed by atoms with E-state index >= 15 is 0 Å². The number of aryl methyl sites for hydroxylation is 2. The molecule has 0 atom stereocenters. The van der Waals surface area contributed by atoms with Crippen molar-refractivity contribution in [3.05, 3.63) is 47.5 Å². The molecule has 0 unspecified atom stereocenters. The Labute approximate surface area is 388 Å². The average molecular weight is 1000 g/mol. The summed E-state index contributed by atoms with van der Waals surface area (Å²) in [5.41, 5.74) is 4.20. The lowest BCUT2D eigenvalue weighted by molar-refractivity contribution is 0.322. The highest BCUT2D eigenvalue weighted by Crippen LogP contribution is 2.45. The van der Waals surface area contributed by atoms with Crippen molar-refractivity contribution in [2.45, 2.75) is 55.1 Å². The SMILES string of the molecule is CCN(CC)c1ccc(/N=N/c2snc3sc(S(=O)(=O)O)c(C)c23)c(Nc2nc(Nc3cc(N(CC)CC)ccc3/N=N/c3snc4sc(S(=O)(=O)O)c(C)c34)nc(SCCO)n2)c1. The molecule has 64 heavy (non-hydrogen) atoms. The summed E-state index contributed by atoms with van der Waals surface area (Å²) >= 11 is 5.04. The van der Waals surface area contributed by atoms with Crippen molar-refractivity contribution in [2.75, 3.05) is 59.0 Å². The number of thioether (sulfide) groups is 1. The van der Waals surface area contributed by atoms with E-state index in [1.807, 2.05) is 52.0 Å². The van der Waals surface area contributed by atoms with E-state index in [0.717, 1.165) is 83.3 Å². The monoisotopic (exact) mass is 1000 g/mol. The lowest BCUT2D eigenvalue weighted by Gasteiger charge is -2.22. The molecular weight excluding hydrogens is 963 g/mol. The van der Waals surface area contributed by atoms with Crippen molar-refractivity contribution in [1.82, 2.24) is 23.7 Å². The van der Waals surface area contributed by atoms with Crippen LogP contribution in [0.4, 0.5) is 56.0 Å². The highest BCUT2D eigenvalue weighted by Gasteiger charge is 2.25. The molecule has 0 bridgehead atoms. The second kappa shape index (κ2) is 19.7. The Hall–Kier alpha value is -4.84. The molecule has 20 nitrogen and oxygen atoms in total. The highest BCUT2D eigenvalue weighted by atomic mass is 32.3. The third kappa shape index (κ3) is 10.2. The number of aromatic nitrogens is 5. The Morgan fingerprint density at radius 1 is 0.656 bits per heavy atom. The first kappa shape index (κ1) is 47.1. The van der Waals surface area contributed by atoms with Gasteiger partial charge >= 0.3 is 20.2 Å². The molecule has 0 saturated heterocycles. The van der Waals surface area contributed by atoms with Gasteiger partial charge in [-0.25, -0.2) is 0 Å². The van der Waals surface area contributed by atoms with Gasteiger partial charge in [0.15, 0.2) is 23.6 Å². The van der Waals surface area contributed by atoms with Gasteiger partial charge in [-0.3, -0.25) is 9.11 Å². The molecule has 7 aromatic rings. The van der Waals surface area contributed by atoms with Crippen molar-refractivity contribution in [1.29, 1.82) is 0 Å². The number of rotatable bonds is 19. The molecule has 0 aliphatic carbocycles. The van der Waals surface area contributed by atoms with Crippen molar-refractivity contribution in [3.8, 4) is 0 Å². The van der Waals surface area contributed by atoms with Crippen LogP contribution in [0.15, 0.2) is 70.4 Å². The topological polar surface area (TPSA) is 273 Å². The maximum Gasteiger partial charge on any atom is 0.304 e. The third-order valence-corrected chi connectivity index (χ3v) is 17.4. The number of benzene rings is 2. The summed E-state index contributed by atoms with van der Waals surface area (Å²) < 4.78 is 75.9. The molecular formula is C37H41N13O7S7. The number of aliphatic hydroxyl groups excluding tert-OH is 1. The predicted molar refractivity (Wildman–Crippen MR) is 257 cm³/mol. The number of azo groups is 2. The van der Waals surface area contributed by atoms with E-state index in [2.05, 4.69) is 59.6 Å². The molecule has 7 rings (SSSR count). The molecule has 5 aromatic heterocycles. The van der Waals surface area contributed by atoms with E-state index in [-0.39, 0.29) is 26.9 Å². The minimum Gasteiger partial charge on any atom is -0.396 e. The van der Waals surface area contributed by atoms with Crippen LogP contribution in [0.1, 0.15) is 38.8 Å². The van der Waals surface area contributed by atoms with Gasteiger partial charge in [0.05, 0.1) is 28.8 Å². The van der Waals surface area contributed by atoms with Gasteiger partial charge in [0.2, 0.25) is 11.9 Å². The number of nitrogens with one attached hydrogen (secondary N) is 2. The van der Waals surface area contributed by atoms with Crippen LogP contribution >= 0.6 is 57.5 Å². The van der Waals surface area contributed by atoms with E-state index < -0.39 is 20.2 Å². The molecule has 0 saturated carbocycles. The van der Waals surface area contributed by atoms with Crippen LogP contribution in [0.25, 0.3) is 20.4 Å². The average Bonchev–Trinajstić information content (AvgIpc) is 4.02. The number of anilines is 6. The molecule has 338 valence electrons. The van der Waals surface area contributed by atoms with Gasteiger partial charge in [0.1, 0.15) is 21.0 Å². The molecule has 2 aromatic carbocycles. The summed E-state index contributed by atoms with van der Waals surface area (Å²) in [6.07, 6.45) is 0. The number of hydrogen-bond acceptors (Lipinski definition) is 23. The van der Waals surface area contributed by atoms with Gasteiger partial charge in [-0.2, -0.15) is 40.5 Å². The maximum absolute atomic E-state index is 12.0. The van der Waals surface area contributed by atoms with Crippen LogP contribution in [-0.4, -0.2) is 93.3 Å². The van der Waals surface area contributed by atoms with Crippen LogP contribution in [0.2, 0.25) is 0 Å². The van der Waals surface area contributed by atoms with Gasteiger partial charge in [0, 0.05) is 43.3 Å². The Kier molecular flexibility index (Phi) is 14.5. The van der Waals surface area contributed by atoms with E-state index in [9.17, 15) is 31.0 Å². The van der Waals surface area contributed by atoms with Crippen molar-refractivity contribution in [2.24, 2.45) is 20.5 Å². The first-order valence-electron chi connectivity index (χ1n) is 19.4. The van der Waals surface area contributed by atoms with E-state index in [0.29, 0.717) is 75.2 Å². The highest BCUT2D eigenvalue weighted by molar-refractivity contribution is 7.99. The Bertz CT molecular complexity index is 2920. The van der Waals surface area contributed by atoms with Crippen LogP contribution in [0.3, 0.4) is 0 Å². The van der Waals surface area contributed by atoms with Gasteiger partial charge in [-0.15, -0.1) is 20.5 Å². The lowest BCUT2D eigenvalue weighted by Crippen LogP contribution is -2.21. The Balaban J connectivity index is 1.28. The van der Waals surface area contributed by atoms with Crippen LogP contribution in [0.5, 0.6) is 0 Å². The number of aliphatic hydroxyl groups is 1.